The van der Waals surface area contributed by atoms with Gasteiger partial charge in [0.2, 0.25) is 0 Å². The molecule has 4 heteroatoms. The van der Waals surface area contributed by atoms with E-state index in [1.54, 1.807) is 4.90 Å². The van der Waals surface area contributed by atoms with Gasteiger partial charge in [-0.15, -0.1) is 0 Å². The maximum atomic E-state index is 11.9. The van der Waals surface area contributed by atoms with Gasteiger partial charge in [0.25, 0.3) is 0 Å². The lowest BCUT2D eigenvalue weighted by Crippen LogP contribution is -2.52. The van der Waals surface area contributed by atoms with Gasteiger partial charge in [-0.05, 0) is 46.0 Å². The second-order valence-corrected chi connectivity index (χ2v) is 6.51. The predicted molar refractivity (Wildman–Crippen MR) is 66.7 cm³/mol. The number of nitrogens with two attached hydrogens (primary N) is 1. The summed E-state index contributed by atoms with van der Waals surface area (Å²) in [4.78, 5) is 13.7. The van der Waals surface area contributed by atoms with E-state index in [9.17, 15) is 4.79 Å². The van der Waals surface area contributed by atoms with Gasteiger partial charge in [0.05, 0.1) is 0 Å². The Kier molecular flexibility index (Phi) is 3.10. The van der Waals surface area contributed by atoms with Crippen molar-refractivity contribution in [1.29, 1.82) is 0 Å². The zero-order valence-electron chi connectivity index (χ0n) is 11.2. The fourth-order valence-corrected chi connectivity index (χ4v) is 2.66. The Labute approximate surface area is 103 Å². The lowest BCUT2D eigenvalue weighted by Gasteiger charge is -2.39. The van der Waals surface area contributed by atoms with Crippen molar-refractivity contribution in [1.82, 2.24) is 4.90 Å². The lowest BCUT2D eigenvalue weighted by molar-refractivity contribution is 0.0270. The Morgan fingerprint density at radius 2 is 2.06 bits per heavy atom. The number of likely N-dealkylation sites (tertiary alicyclic amines) is 1. The summed E-state index contributed by atoms with van der Waals surface area (Å²) in [7, 11) is 0. The van der Waals surface area contributed by atoms with E-state index in [1.807, 2.05) is 20.8 Å². The van der Waals surface area contributed by atoms with Crippen LogP contribution in [0.2, 0.25) is 0 Å². The van der Waals surface area contributed by atoms with Crippen LogP contribution in [0, 0.1) is 5.92 Å². The van der Waals surface area contributed by atoms with Gasteiger partial charge in [0.1, 0.15) is 5.60 Å². The summed E-state index contributed by atoms with van der Waals surface area (Å²) in [6, 6.07) is 0. The summed E-state index contributed by atoms with van der Waals surface area (Å²) in [5, 5.41) is 0. The molecule has 1 saturated heterocycles. The van der Waals surface area contributed by atoms with Crippen LogP contribution in [0.3, 0.4) is 0 Å². The second kappa shape index (κ2) is 4.16. The summed E-state index contributed by atoms with van der Waals surface area (Å²) in [6.07, 6.45) is 4.42. The van der Waals surface area contributed by atoms with Crippen LogP contribution in [-0.2, 0) is 4.74 Å². The molecular weight excluding hydrogens is 216 g/mol. The number of carbonyl (C=O) groups excluding carboxylic acids is 1. The van der Waals surface area contributed by atoms with E-state index < -0.39 is 5.60 Å². The average molecular weight is 240 g/mol. The number of amides is 1. The number of carbonyl (C=O) groups is 1. The highest BCUT2D eigenvalue weighted by Gasteiger charge is 2.45. The fourth-order valence-electron chi connectivity index (χ4n) is 2.66. The quantitative estimate of drug-likeness (QED) is 0.764. The largest absolute Gasteiger partial charge is 0.444 e. The zero-order valence-corrected chi connectivity index (χ0v) is 11.2. The third-order valence-electron chi connectivity index (χ3n) is 3.90. The molecule has 1 aliphatic carbocycles. The van der Waals surface area contributed by atoms with Crippen LogP contribution < -0.4 is 5.73 Å². The monoisotopic (exact) mass is 240 g/mol. The summed E-state index contributed by atoms with van der Waals surface area (Å²) >= 11 is 0. The van der Waals surface area contributed by atoms with Crippen molar-refractivity contribution >= 4 is 6.09 Å². The topological polar surface area (TPSA) is 55.6 Å². The van der Waals surface area contributed by atoms with Crippen molar-refractivity contribution in [3.05, 3.63) is 0 Å². The highest BCUT2D eigenvalue weighted by atomic mass is 16.6. The predicted octanol–water partition coefficient (Wildman–Crippen LogP) is 2.12. The van der Waals surface area contributed by atoms with Gasteiger partial charge in [-0.25, -0.2) is 4.79 Å². The van der Waals surface area contributed by atoms with E-state index in [4.69, 9.17) is 10.5 Å². The molecule has 0 spiro atoms. The molecule has 2 fully saturated rings. The standard InChI is InChI=1S/C13H24N2O2/c1-12(2,3)17-11(16)15-8-7-13(14,9-15)10-5-4-6-10/h10H,4-9,14H2,1-3H3. The summed E-state index contributed by atoms with van der Waals surface area (Å²) in [5.74, 6) is 0.606. The molecule has 0 aromatic carbocycles. The molecule has 0 bridgehead atoms. The van der Waals surface area contributed by atoms with Crippen LogP contribution in [-0.4, -0.2) is 35.2 Å². The smallest absolute Gasteiger partial charge is 0.410 e. The third kappa shape index (κ3) is 2.73. The van der Waals surface area contributed by atoms with E-state index in [2.05, 4.69) is 0 Å². The van der Waals surface area contributed by atoms with Crippen LogP contribution in [0.15, 0.2) is 0 Å². The summed E-state index contributed by atoms with van der Waals surface area (Å²) in [5.41, 5.74) is 5.83. The number of ether oxygens (including phenoxy) is 1. The maximum Gasteiger partial charge on any atom is 0.410 e. The number of nitrogens with zero attached hydrogens (tertiary/aromatic N) is 1. The molecule has 1 saturated carbocycles. The Morgan fingerprint density at radius 1 is 1.41 bits per heavy atom. The Balaban J connectivity index is 1.91. The van der Waals surface area contributed by atoms with Gasteiger partial charge in [-0.3, -0.25) is 0 Å². The molecule has 2 aliphatic rings. The van der Waals surface area contributed by atoms with Crippen LogP contribution in [0.25, 0.3) is 0 Å². The molecule has 1 unspecified atom stereocenters. The van der Waals surface area contributed by atoms with Crippen molar-refractivity contribution in [2.45, 2.75) is 57.6 Å². The Hall–Kier alpha value is -0.770. The number of rotatable bonds is 1. The first kappa shape index (κ1) is 12.7. The SMILES string of the molecule is CC(C)(C)OC(=O)N1CCC(N)(C2CCC2)C1. The number of hydrogen-bond donors (Lipinski definition) is 1. The van der Waals surface area contributed by atoms with E-state index in [1.165, 1.54) is 19.3 Å². The molecule has 2 N–H and O–H groups in total. The molecule has 0 radical (unpaired) electrons. The average Bonchev–Trinajstić information content (AvgIpc) is 2.41. The van der Waals surface area contributed by atoms with Crippen LogP contribution in [0.4, 0.5) is 4.79 Å². The van der Waals surface area contributed by atoms with Crippen LogP contribution in [0.1, 0.15) is 46.5 Å². The minimum absolute atomic E-state index is 0.158. The highest BCUT2D eigenvalue weighted by Crippen LogP contribution is 2.39. The van der Waals surface area contributed by atoms with Gasteiger partial charge in [-0.2, -0.15) is 0 Å². The molecule has 1 heterocycles. The van der Waals surface area contributed by atoms with Crippen LogP contribution in [0.5, 0.6) is 0 Å². The normalized spacial score (nSPS) is 30.2. The zero-order chi connectivity index (χ0) is 12.7. The van der Waals surface area contributed by atoms with Gasteiger partial charge < -0.3 is 15.4 Å². The molecular formula is C13H24N2O2. The summed E-state index contributed by atoms with van der Waals surface area (Å²) < 4.78 is 5.38. The first-order valence-corrected chi connectivity index (χ1v) is 6.57. The minimum atomic E-state index is -0.423. The molecule has 2 rings (SSSR count). The van der Waals surface area contributed by atoms with Gasteiger partial charge in [-0.1, -0.05) is 6.42 Å². The molecule has 0 aromatic rings. The van der Waals surface area contributed by atoms with Gasteiger partial charge in [0.15, 0.2) is 0 Å². The van der Waals surface area contributed by atoms with Crippen LogP contribution >= 0.6 is 0 Å². The van der Waals surface area contributed by atoms with Gasteiger partial charge in [0, 0.05) is 18.6 Å². The molecule has 4 nitrogen and oxygen atoms in total. The minimum Gasteiger partial charge on any atom is -0.444 e. The third-order valence-corrected chi connectivity index (χ3v) is 3.90. The van der Waals surface area contributed by atoms with E-state index >= 15 is 0 Å². The molecule has 0 aromatic heterocycles. The van der Waals surface area contributed by atoms with E-state index in [-0.39, 0.29) is 11.6 Å². The maximum absolute atomic E-state index is 11.9. The van der Waals surface area contributed by atoms with Crippen molar-refractivity contribution in [3.63, 3.8) is 0 Å². The van der Waals surface area contributed by atoms with E-state index in [0.29, 0.717) is 12.5 Å². The highest BCUT2D eigenvalue weighted by molar-refractivity contribution is 5.68. The molecule has 1 atom stereocenters. The Morgan fingerprint density at radius 3 is 2.53 bits per heavy atom. The fraction of sp³-hybridized carbons (Fsp3) is 0.923. The molecule has 17 heavy (non-hydrogen) atoms. The summed E-state index contributed by atoms with van der Waals surface area (Å²) in [6.45, 7) is 7.07. The van der Waals surface area contributed by atoms with Gasteiger partial charge >= 0.3 is 6.09 Å². The van der Waals surface area contributed by atoms with E-state index in [0.717, 1.165) is 13.0 Å². The van der Waals surface area contributed by atoms with Crippen molar-refractivity contribution < 1.29 is 9.53 Å². The van der Waals surface area contributed by atoms with Crippen molar-refractivity contribution in [2.24, 2.45) is 11.7 Å². The molecule has 1 aliphatic heterocycles. The van der Waals surface area contributed by atoms with Crippen molar-refractivity contribution in [3.8, 4) is 0 Å². The molecule has 1 amide bonds. The Bertz CT molecular complexity index is 307. The lowest BCUT2D eigenvalue weighted by atomic mass is 9.71. The second-order valence-electron chi connectivity index (χ2n) is 6.51. The molecule has 98 valence electrons. The number of hydrogen-bond acceptors (Lipinski definition) is 3. The first-order valence-electron chi connectivity index (χ1n) is 6.57. The first-order chi connectivity index (χ1) is 7.80. The van der Waals surface area contributed by atoms with Crippen molar-refractivity contribution in [2.75, 3.05) is 13.1 Å².